The van der Waals surface area contributed by atoms with Crippen molar-refractivity contribution in [3.05, 3.63) is 48.5 Å². The molecule has 1 atom stereocenters. The predicted molar refractivity (Wildman–Crippen MR) is 66.4 cm³/mol. The van der Waals surface area contributed by atoms with Crippen LogP contribution in [-0.2, 0) is 11.1 Å². The minimum absolute atomic E-state index is 0.292. The van der Waals surface area contributed by atoms with E-state index in [1.165, 1.54) is 0 Å². The fourth-order valence-electron chi connectivity index (χ4n) is 1.92. The van der Waals surface area contributed by atoms with Crippen molar-refractivity contribution in [2.24, 2.45) is 0 Å². The molecule has 3 nitrogen and oxygen atoms in total. The van der Waals surface area contributed by atoms with E-state index in [2.05, 4.69) is 4.98 Å². The van der Waals surface area contributed by atoms with E-state index in [0.717, 1.165) is 10.9 Å². The Morgan fingerprint density at radius 2 is 1.76 bits per heavy atom. The van der Waals surface area contributed by atoms with Crippen LogP contribution in [0.1, 0.15) is 0 Å². The van der Waals surface area contributed by atoms with Crippen LogP contribution in [0.5, 0.6) is 0 Å². The van der Waals surface area contributed by atoms with Gasteiger partial charge in [0.1, 0.15) is 0 Å². The van der Waals surface area contributed by atoms with Gasteiger partial charge in [0.2, 0.25) is 0 Å². The van der Waals surface area contributed by atoms with E-state index in [1.54, 1.807) is 12.1 Å². The highest BCUT2D eigenvalue weighted by Crippen LogP contribution is 2.24. The van der Waals surface area contributed by atoms with Crippen molar-refractivity contribution in [2.45, 2.75) is 4.90 Å². The molecule has 0 saturated heterocycles. The summed E-state index contributed by atoms with van der Waals surface area (Å²) >= 11 is -2.24. The second kappa shape index (κ2) is 3.91. The Morgan fingerprint density at radius 1 is 1.00 bits per heavy atom. The number of nitrogens with zero attached hydrogens (tertiary/aromatic N) is 1. The molecule has 3 rings (SSSR count). The van der Waals surface area contributed by atoms with Crippen molar-refractivity contribution in [2.75, 3.05) is 0 Å². The maximum Gasteiger partial charge on any atom is 0.0721 e. The number of para-hydroxylation sites is 1. The molecule has 84 valence electrons. The summed E-state index contributed by atoms with van der Waals surface area (Å²) < 4.78 is 22.2. The van der Waals surface area contributed by atoms with Gasteiger partial charge < -0.3 is 4.55 Å². The molecule has 1 aromatic heterocycles. The molecule has 17 heavy (non-hydrogen) atoms. The monoisotopic (exact) mass is 242 g/mol. The Bertz CT molecular complexity index is 740. The van der Waals surface area contributed by atoms with Gasteiger partial charge >= 0.3 is 0 Å². The van der Waals surface area contributed by atoms with Gasteiger partial charge in [-0.15, -0.1) is 0 Å². The zero-order valence-corrected chi connectivity index (χ0v) is 9.61. The van der Waals surface area contributed by atoms with E-state index in [0.29, 0.717) is 15.8 Å². The first-order valence-electron chi connectivity index (χ1n) is 5.13. The highest BCUT2D eigenvalue weighted by molar-refractivity contribution is 7.79. The van der Waals surface area contributed by atoms with Gasteiger partial charge in [0.25, 0.3) is 0 Å². The number of pyridine rings is 1. The fraction of sp³-hybridized carbons (Fsp3) is 0. The summed E-state index contributed by atoms with van der Waals surface area (Å²) in [5, 5.41) is 1.61. The quantitative estimate of drug-likeness (QED) is 0.487. The molecule has 0 saturated carbocycles. The summed E-state index contributed by atoms with van der Waals surface area (Å²) in [7, 11) is 0. The Hall–Kier alpha value is -1.78. The van der Waals surface area contributed by atoms with Gasteiger partial charge in [-0.1, -0.05) is 24.3 Å². The average Bonchev–Trinajstić information content (AvgIpc) is 2.35. The lowest BCUT2D eigenvalue weighted by atomic mass is 10.1. The molecule has 0 aliphatic carbocycles. The molecule has 0 bridgehead atoms. The Balaban J connectivity index is 2.47. The van der Waals surface area contributed by atoms with E-state index in [4.69, 9.17) is 0 Å². The lowest BCUT2D eigenvalue weighted by molar-refractivity contribution is 0.538. The van der Waals surface area contributed by atoms with E-state index >= 15 is 0 Å². The summed E-state index contributed by atoms with van der Waals surface area (Å²) in [5.74, 6) is 0. The second-order valence-corrected chi connectivity index (χ2v) is 4.65. The third-order valence-corrected chi connectivity index (χ3v) is 3.42. The lowest BCUT2D eigenvalue weighted by Gasteiger charge is -2.09. The van der Waals surface area contributed by atoms with Gasteiger partial charge in [-0.2, -0.15) is 0 Å². The Morgan fingerprint density at radius 3 is 2.59 bits per heavy atom. The second-order valence-electron chi connectivity index (χ2n) is 3.74. The van der Waals surface area contributed by atoms with Crippen LogP contribution in [0.2, 0.25) is 0 Å². The summed E-state index contributed by atoms with van der Waals surface area (Å²) in [4.78, 5) is 4.74. The number of hydrogen-bond donors (Lipinski definition) is 0. The molecule has 0 aliphatic rings. The van der Waals surface area contributed by atoms with Crippen LogP contribution < -0.4 is 0 Å². The smallest absolute Gasteiger partial charge is 0.0721 e. The van der Waals surface area contributed by atoms with Gasteiger partial charge in [0, 0.05) is 15.7 Å². The van der Waals surface area contributed by atoms with Gasteiger partial charge in [-0.05, 0) is 35.3 Å². The third-order valence-electron chi connectivity index (χ3n) is 2.70. The maximum atomic E-state index is 11.1. The zero-order valence-electron chi connectivity index (χ0n) is 8.79. The van der Waals surface area contributed by atoms with Crippen LogP contribution in [-0.4, -0.2) is 13.7 Å². The van der Waals surface area contributed by atoms with Crippen LogP contribution in [0.3, 0.4) is 0 Å². The number of rotatable bonds is 1. The van der Waals surface area contributed by atoms with Crippen LogP contribution in [0.4, 0.5) is 0 Å². The molecule has 3 aromatic rings. The van der Waals surface area contributed by atoms with Gasteiger partial charge in [0.15, 0.2) is 0 Å². The van der Waals surface area contributed by atoms with E-state index in [-0.39, 0.29) is 0 Å². The number of hydrogen-bond acceptors (Lipinski definition) is 3. The van der Waals surface area contributed by atoms with Gasteiger partial charge in [-0.25, -0.2) is 4.98 Å². The standard InChI is InChI=1S/C13H9NO2S/c15-17(16)13-7-3-6-12-10(13)8-9-4-1-2-5-11(9)14-12/h1-8H,(H,15,16)/p-1. The molecule has 0 fully saturated rings. The molecule has 4 heteroatoms. The zero-order chi connectivity index (χ0) is 11.8. The fourth-order valence-corrected chi connectivity index (χ4v) is 2.45. The summed E-state index contributed by atoms with van der Waals surface area (Å²) in [6.45, 7) is 0. The predicted octanol–water partition coefficient (Wildman–Crippen LogP) is 2.63. The molecule has 2 aromatic carbocycles. The summed E-state index contributed by atoms with van der Waals surface area (Å²) in [5.41, 5.74) is 1.57. The first-order valence-corrected chi connectivity index (χ1v) is 6.21. The van der Waals surface area contributed by atoms with Crippen LogP contribution in [0.25, 0.3) is 21.8 Å². The largest absolute Gasteiger partial charge is 0.768 e. The summed E-state index contributed by atoms with van der Waals surface area (Å²) in [6.07, 6.45) is 0. The summed E-state index contributed by atoms with van der Waals surface area (Å²) in [6, 6.07) is 14.6. The molecular weight excluding hydrogens is 234 g/mol. The first kappa shape index (κ1) is 10.4. The van der Waals surface area contributed by atoms with E-state index in [9.17, 15) is 8.76 Å². The van der Waals surface area contributed by atoms with Crippen molar-refractivity contribution in [3.63, 3.8) is 0 Å². The van der Waals surface area contributed by atoms with Crippen molar-refractivity contribution in [1.29, 1.82) is 0 Å². The van der Waals surface area contributed by atoms with Crippen LogP contribution >= 0.6 is 0 Å². The van der Waals surface area contributed by atoms with Crippen molar-refractivity contribution in [3.8, 4) is 0 Å². The molecular formula is C13H8NO2S-. The van der Waals surface area contributed by atoms with Gasteiger partial charge in [-0.3, -0.25) is 4.21 Å². The maximum absolute atomic E-state index is 11.1. The van der Waals surface area contributed by atoms with Crippen LogP contribution in [0, 0.1) is 0 Å². The van der Waals surface area contributed by atoms with Crippen molar-refractivity contribution in [1.82, 2.24) is 4.98 Å². The number of benzene rings is 2. The highest BCUT2D eigenvalue weighted by atomic mass is 32.2. The third kappa shape index (κ3) is 1.71. The average molecular weight is 242 g/mol. The normalized spacial score (nSPS) is 13.0. The molecule has 1 heterocycles. The minimum atomic E-state index is -2.24. The molecule has 0 spiro atoms. The number of fused-ring (bicyclic) bond motifs is 2. The Labute approximate surface area is 100 Å². The molecule has 0 N–H and O–H groups in total. The van der Waals surface area contributed by atoms with Crippen LogP contribution in [0.15, 0.2) is 53.4 Å². The minimum Gasteiger partial charge on any atom is -0.768 e. The molecule has 0 radical (unpaired) electrons. The van der Waals surface area contributed by atoms with Gasteiger partial charge in [0.05, 0.1) is 11.0 Å². The SMILES string of the molecule is O=S([O-])c1cccc2nc3ccccc3cc12. The Kier molecular flexibility index (Phi) is 2.39. The van der Waals surface area contributed by atoms with Crippen molar-refractivity contribution >= 4 is 32.9 Å². The van der Waals surface area contributed by atoms with E-state index in [1.807, 2.05) is 36.4 Å². The van der Waals surface area contributed by atoms with E-state index < -0.39 is 11.1 Å². The molecule has 1 unspecified atom stereocenters. The molecule has 0 amide bonds. The van der Waals surface area contributed by atoms with Crippen molar-refractivity contribution < 1.29 is 8.76 Å². The molecule has 0 aliphatic heterocycles. The highest BCUT2D eigenvalue weighted by Gasteiger charge is 2.04. The topological polar surface area (TPSA) is 53.0 Å². The first-order chi connectivity index (χ1) is 8.25. The number of aromatic nitrogens is 1. The lowest BCUT2D eigenvalue weighted by Crippen LogP contribution is -1.92.